The molecule has 0 heterocycles. The zero-order valence-electron chi connectivity index (χ0n) is 15.4. The molecule has 25 heavy (non-hydrogen) atoms. The van der Waals surface area contributed by atoms with Crippen molar-refractivity contribution in [3.63, 3.8) is 0 Å². The van der Waals surface area contributed by atoms with E-state index in [0.29, 0.717) is 5.56 Å². The van der Waals surface area contributed by atoms with Crippen LogP contribution in [0.3, 0.4) is 0 Å². The molecular weight excluding hydrogens is 327 g/mol. The number of carbonyl (C=O) groups is 1. The van der Waals surface area contributed by atoms with Gasteiger partial charge in [0.25, 0.3) is 0 Å². The van der Waals surface area contributed by atoms with Crippen LogP contribution in [0.15, 0.2) is 42.5 Å². The van der Waals surface area contributed by atoms with E-state index in [-0.39, 0.29) is 11.2 Å². The molecule has 2 nitrogen and oxygen atoms in total. The van der Waals surface area contributed by atoms with Gasteiger partial charge in [-0.3, -0.25) is 4.79 Å². The van der Waals surface area contributed by atoms with Crippen LogP contribution in [0.2, 0.25) is 0 Å². The van der Waals surface area contributed by atoms with Crippen LogP contribution >= 0.6 is 7.14 Å². The van der Waals surface area contributed by atoms with Crippen LogP contribution in [0, 0.1) is 20.8 Å². The first-order chi connectivity index (χ1) is 11.9. The fourth-order valence-corrected chi connectivity index (χ4v) is 7.65. The van der Waals surface area contributed by atoms with Gasteiger partial charge in [-0.1, -0.05) is 67.3 Å². The SMILES string of the molecule is Cc1cc(C)c(C(=O)P(=O)(c2ccccc2)C2CCCCC2)c(C)c1. The number of rotatable bonds is 4. The summed E-state index contributed by atoms with van der Waals surface area (Å²) in [6, 6.07) is 13.5. The summed E-state index contributed by atoms with van der Waals surface area (Å²) >= 11 is 0. The lowest BCUT2D eigenvalue weighted by Gasteiger charge is -2.30. The highest BCUT2D eigenvalue weighted by molar-refractivity contribution is 7.88. The Bertz CT molecular complexity index is 794. The molecule has 3 heteroatoms. The summed E-state index contributed by atoms with van der Waals surface area (Å²) in [5.41, 5.74) is 3.53. The highest BCUT2D eigenvalue weighted by Gasteiger charge is 2.43. The van der Waals surface area contributed by atoms with E-state index in [9.17, 15) is 9.36 Å². The van der Waals surface area contributed by atoms with Gasteiger partial charge in [0.05, 0.1) is 0 Å². The van der Waals surface area contributed by atoms with Crippen molar-refractivity contribution in [2.45, 2.75) is 58.5 Å². The van der Waals surface area contributed by atoms with Crippen molar-refractivity contribution in [3.05, 3.63) is 64.7 Å². The van der Waals surface area contributed by atoms with Gasteiger partial charge in [0.2, 0.25) is 5.52 Å². The van der Waals surface area contributed by atoms with Gasteiger partial charge in [-0.25, -0.2) is 0 Å². The van der Waals surface area contributed by atoms with Gasteiger partial charge in [0.15, 0.2) is 7.14 Å². The van der Waals surface area contributed by atoms with E-state index >= 15 is 0 Å². The maximum atomic E-state index is 14.3. The second-order valence-corrected chi connectivity index (χ2v) is 10.3. The third-order valence-corrected chi connectivity index (χ3v) is 8.86. The predicted molar refractivity (Wildman–Crippen MR) is 106 cm³/mol. The van der Waals surface area contributed by atoms with Crippen molar-refractivity contribution in [2.24, 2.45) is 0 Å². The molecule has 2 aromatic rings. The van der Waals surface area contributed by atoms with Gasteiger partial charge < -0.3 is 4.57 Å². The molecule has 0 aromatic heterocycles. The number of hydrogen-bond donors (Lipinski definition) is 0. The maximum Gasteiger partial charge on any atom is 0.226 e. The molecule has 0 amide bonds. The minimum absolute atomic E-state index is 0.0174. The van der Waals surface area contributed by atoms with Gasteiger partial charge in [-0.05, 0) is 44.7 Å². The molecule has 3 rings (SSSR count). The van der Waals surface area contributed by atoms with Crippen molar-refractivity contribution in [3.8, 4) is 0 Å². The number of carbonyl (C=O) groups excluding carboxylic acids is 1. The van der Waals surface area contributed by atoms with E-state index in [1.165, 1.54) is 6.42 Å². The summed E-state index contributed by atoms with van der Waals surface area (Å²) in [6.07, 6.45) is 5.10. The Hall–Kier alpha value is -1.66. The average molecular weight is 354 g/mol. The van der Waals surface area contributed by atoms with Gasteiger partial charge in [-0.2, -0.15) is 0 Å². The molecule has 1 atom stereocenters. The van der Waals surface area contributed by atoms with Gasteiger partial charge >= 0.3 is 0 Å². The normalized spacial score (nSPS) is 17.9. The Morgan fingerprint density at radius 2 is 1.48 bits per heavy atom. The third kappa shape index (κ3) is 3.37. The second-order valence-electron chi connectivity index (χ2n) is 7.36. The monoisotopic (exact) mass is 354 g/mol. The highest BCUT2D eigenvalue weighted by atomic mass is 31.2. The van der Waals surface area contributed by atoms with Crippen molar-refractivity contribution in [2.75, 3.05) is 0 Å². The number of benzene rings is 2. The lowest BCUT2D eigenvalue weighted by molar-refractivity contribution is 0.107. The van der Waals surface area contributed by atoms with Gasteiger partial charge in [0.1, 0.15) is 0 Å². The Kier molecular flexibility index (Phi) is 5.29. The molecule has 1 saturated carbocycles. The van der Waals surface area contributed by atoms with E-state index in [4.69, 9.17) is 0 Å². The first-order valence-electron chi connectivity index (χ1n) is 9.22. The van der Waals surface area contributed by atoms with Crippen molar-refractivity contribution >= 4 is 18.0 Å². The molecule has 1 unspecified atom stereocenters. The first kappa shape index (κ1) is 18.1. The van der Waals surface area contributed by atoms with Crippen molar-refractivity contribution < 1.29 is 9.36 Å². The molecule has 1 aliphatic carbocycles. The standard InChI is InChI=1S/C22H27O2P/c1-16-14-17(2)21(18(3)15-16)22(23)25(24,19-10-6-4-7-11-19)20-12-8-5-9-13-20/h4,6-7,10-11,14-15,20H,5,8-9,12-13H2,1-3H3. The van der Waals surface area contributed by atoms with Crippen LogP contribution in [-0.4, -0.2) is 11.2 Å². The molecule has 0 bridgehead atoms. The summed E-state index contributed by atoms with van der Waals surface area (Å²) in [7, 11) is -3.17. The van der Waals surface area contributed by atoms with Gasteiger partial charge in [-0.15, -0.1) is 0 Å². The second kappa shape index (κ2) is 7.30. The van der Waals surface area contributed by atoms with Crippen LogP contribution in [0.5, 0.6) is 0 Å². The number of hydrogen-bond acceptors (Lipinski definition) is 2. The number of aryl methyl sites for hydroxylation is 3. The topological polar surface area (TPSA) is 34.1 Å². The molecule has 0 radical (unpaired) electrons. The summed E-state index contributed by atoms with van der Waals surface area (Å²) < 4.78 is 14.3. The van der Waals surface area contributed by atoms with Crippen LogP contribution in [-0.2, 0) is 4.57 Å². The van der Waals surface area contributed by atoms with Crippen LogP contribution in [0.1, 0.15) is 59.2 Å². The largest absolute Gasteiger partial charge is 0.310 e. The molecule has 1 fully saturated rings. The average Bonchev–Trinajstić information content (AvgIpc) is 2.61. The minimum atomic E-state index is -3.17. The summed E-state index contributed by atoms with van der Waals surface area (Å²) in [6.45, 7) is 5.96. The molecular formula is C22H27O2P. The molecule has 2 aromatic carbocycles. The quantitative estimate of drug-likeness (QED) is 0.653. The Morgan fingerprint density at radius 1 is 0.920 bits per heavy atom. The van der Waals surface area contributed by atoms with E-state index in [1.807, 2.05) is 63.2 Å². The van der Waals surface area contributed by atoms with Crippen molar-refractivity contribution in [1.82, 2.24) is 0 Å². The van der Waals surface area contributed by atoms with Crippen molar-refractivity contribution in [1.29, 1.82) is 0 Å². The fourth-order valence-electron chi connectivity index (χ4n) is 4.27. The molecule has 1 aliphatic rings. The summed E-state index contributed by atoms with van der Waals surface area (Å²) in [4.78, 5) is 13.7. The molecule has 0 aliphatic heterocycles. The predicted octanol–water partition coefficient (Wildman–Crippen LogP) is 5.77. The lowest BCUT2D eigenvalue weighted by atomic mass is 10.0. The van der Waals surface area contributed by atoms with Crippen LogP contribution in [0.4, 0.5) is 0 Å². The van der Waals surface area contributed by atoms with E-state index in [1.54, 1.807) is 0 Å². The molecule has 132 valence electrons. The van der Waals surface area contributed by atoms with Gasteiger partial charge in [0, 0.05) is 16.5 Å². The van der Waals surface area contributed by atoms with Crippen LogP contribution < -0.4 is 5.30 Å². The van der Waals surface area contributed by atoms with E-state index in [0.717, 1.165) is 47.7 Å². The minimum Gasteiger partial charge on any atom is -0.310 e. The summed E-state index contributed by atoms with van der Waals surface area (Å²) in [5, 5.41) is 0.728. The van der Waals surface area contributed by atoms with Crippen LogP contribution in [0.25, 0.3) is 0 Å². The molecule has 0 spiro atoms. The van der Waals surface area contributed by atoms with E-state index < -0.39 is 7.14 Å². The Labute approximate surface area is 151 Å². The zero-order chi connectivity index (χ0) is 18.0. The lowest BCUT2D eigenvalue weighted by Crippen LogP contribution is -2.26. The molecule has 0 saturated heterocycles. The first-order valence-corrected chi connectivity index (χ1v) is 11.0. The zero-order valence-corrected chi connectivity index (χ0v) is 16.3. The van der Waals surface area contributed by atoms with E-state index in [2.05, 4.69) is 0 Å². The Morgan fingerprint density at radius 3 is 2.04 bits per heavy atom. The maximum absolute atomic E-state index is 14.3. The summed E-state index contributed by atoms with van der Waals surface area (Å²) in [5.74, 6) is 0. The highest BCUT2D eigenvalue weighted by Crippen LogP contribution is 2.57. The smallest absolute Gasteiger partial charge is 0.226 e. The molecule has 0 N–H and O–H groups in total. The Balaban J connectivity index is 2.15. The fraction of sp³-hybridized carbons (Fsp3) is 0.409. The third-order valence-electron chi connectivity index (χ3n) is 5.42.